The van der Waals surface area contributed by atoms with Gasteiger partial charge in [0.15, 0.2) is 11.5 Å². The summed E-state index contributed by atoms with van der Waals surface area (Å²) in [4.78, 5) is 0.175. The van der Waals surface area contributed by atoms with Gasteiger partial charge in [-0.15, -0.1) is 0 Å². The monoisotopic (exact) mass is 387 g/mol. The summed E-state index contributed by atoms with van der Waals surface area (Å²) in [6.07, 6.45) is 7.62. The molecule has 0 saturated carbocycles. The van der Waals surface area contributed by atoms with Gasteiger partial charge in [0.05, 0.1) is 0 Å². The maximum Gasteiger partial charge on any atom is 0.241 e. The van der Waals surface area contributed by atoms with E-state index in [1.807, 2.05) is 0 Å². The highest BCUT2D eigenvalue weighted by molar-refractivity contribution is 9.10. The molecule has 0 amide bonds. The van der Waals surface area contributed by atoms with Gasteiger partial charge in [0, 0.05) is 17.1 Å². The molecule has 0 saturated heterocycles. The van der Waals surface area contributed by atoms with Crippen LogP contribution in [0.4, 0.5) is 0 Å². The van der Waals surface area contributed by atoms with Crippen LogP contribution in [-0.2, 0) is 10.0 Å². The first-order chi connectivity index (χ1) is 10.6. The number of halogens is 1. The van der Waals surface area contributed by atoms with Crippen molar-refractivity contribution in [3.05, 3.63) is 28.3 Å². The van der Waals surface area contributed by atoms with Crippen molar-refractivity contribution < 1.29 is 17.9 Å². The number of rotatable bonds is 5. The van der Waals surface area contributed by atoms with Crippen LogP contribution in [-0.4, -0.2) is 21.8 Å². The van der Waals surface area contributed by atoms with E-state index in [1.54, 1.807) is 6.07 Å². The molecule has 7 heteroatoms. The van der Waals surface area contributed by atoms with E-state index >= 15 is 0 Å². The predicted molar refractivity (Wildman–Crippen MR) is 86.6 cm³/mol. The first kappa shape index (κ1) is 15.8. The second kappa shape index (κ2) is 6.60. The normalized spacial score (nSPS) is 17.4. The highest BCUT2D eigenvalue weighted by atomic mass is 79.9. The Kier molecular flexibility index (Phi) is 4.75. The average Bonchev–Trinajstić information content (AvgIpc) is 2.94. The third kappa shape index (κ3) is 3.47. The van der Waals surface area contributed by atoms with Gasteiger partial charge in [0.1, 0.15) is 4.90 Å². The van der Waals surface area contributed by atoms with E-state index in [2.05, 4.69) is 26.7 Å². The van der Waals surface area contributed by atoms with Crippen LogP contribution in [0.25, 0.3) is 0 Å². The molecule has 5 nitrogen and oxygen atoms in total. The lowest BCUT2D eigenvalue weighted by molar-refractivity contribution is 0.174. The van der Waals surface area contributed by atoms with E-state index in [-0.39, 0.29) is 11.7 Å². The third-order valence-corrected chi connectivity index (χ3v) is 6.26. The Bertz CT molecular complexity index is 700. The molecule has 120 valence electrons. The Hall–Kier alpha value is -1.05. The summed E-state index contributed by atoms with van der Waals surface area (Å²) >= 11 is 3.29. The molecule has 1 N–H and O–H groups in total. The van der Waals surface area contributed by atoms with Crippen molar-refractivity contribution in [2.75, 3.05) is 13.3 Å². The maximum absolute atomic E-state index is 12.4. The van der Waals surface area contributed by atoms with E-state index in [0.29, 0.717) is 22.5 Å². The number of nitrogens with one attached hydrogen (secondary N) is 1. The lowest BCUT2D eigenvalue weighted by Gasteiger charge is -2.13. The van der Waals surface area contributed by atoms with Crippen molar-refractivity contribution in [2.24, 2.45) is 0 Å². The molecule has 1 aromatic carbocycles. The standard InChI is InChI=1S/C15H18BrNO4S/c16-12-8-13-14(21-10-20-13)9-15(12)22(18,19)17-7-6-11-4-2-1-3-5-11/h4,8-9,17H,1-3,5-7,10H2. The van der Waals surface area contributed by atoms with Crippen molar-refractivity contribution in [1.82, 2.24) is 4.72 Å². The molecule has 22 heavy (non-hydrogen) atoms. The zero-order chi connectivity index (χ0) is 15.6. The summed E-state index contributed by atoms with van der Waals surface area (Å²) in [6.45, 7) is 0.530. The van der Waals surface area contributed by atoms with Crippen molar-refractivity contribution in [2.45, 2.75) is 37.0 Å². The predicted octanol–water partition coefficient (Wildman–Crippen LogP) is 3.35. The Morgan fingerprint density at radius 1 is 1.18 bits per heavy atom. The minimum absolute atomic E-state index is 0.118. The van der Waals surface area contributed by atoms with Crippen LogP contribution in [0.1, 0.15) is 32.1 Å². The van der Waals surface area contributed by atoms with E-state index in [9.17, 15) is 8.42 Å². The van der Waals surface area contributed by atoms with Crippen LogP contribution in [0.15, 0.2) is 33.2 Å². The SMILES string of the molecule is O=S(=O)(NCCC1=CCCCC1)c1cc2c(cc1Br)OCO2. The van der Waals surface area contributed by atoms with Gasteiger partial charge in [0.25, 0.3) is 0 Å². The van der Waals surface area contributed by atoms with Crippen molar-refractivity contribution >= 4 is 26.0 Å². The third-order valence-electron chi connectivity index (χ3n) is 3.84. The summed E-state index contributed by atoms with van der Waals surface area (Å²) in [5.74, 6) is 1.01. The molecule has 0 fully saturated rings. The Balaban J connectivity index is 1.69. The number of hydrogen-bond donors (Lipinski definition) is 1. The van der Waals surface area contributed by atoms with Crippen molar-refractivity contribution in [1.29, 1.82) is 0 Å². The summed E-state index contributed by atoms with van der Waals surface area (Å²) < 4.78 is 38.5. The average molecular weight is 388 g/mol. The Labute approximate surface area is 138 Å². The number of sulfonamides is 1. The van der Waals surface area contributed by atoms with E-state index in [1.165, 1.54) is 24.5 Å². The fraction of sp³-hybridized carbons (Fsp3) is 0.467. The highest BCUT2D eigenvalue weighted by Gasteiger charge is 2.23. The van der Waals surface area contributed by atoms with Gasteiger partial charge in [0.2, 0.25) is 16.8 Å². The first-order valence-electron chi connectivity index (χ1n) is 7.33. The van der Waals surface area contributed by atoms with Crippen LogP contribution in [0.2, 0.25) is 0 Å². The zero-order valence-electron chi connectivity index (χ0n) is 12.1. The quantitative estimate of drug-likeness (QED) is 0.786. The van der Waals surface area contributed by atoms with Gasteiger partial charge in [-0.05, 0) is 54.1 Å². The minimum atomic E-state index is -3.57. The molecule has 0 spiro atoms. The number of benzene rings is 1. The fourth-order valence-electron chi connectivity index (χ4n) is 2.66. The topological polar surface area (TPSA) is 64.6 Å². The van der Waals surface area contributed by atoms with E-state index in [0.717, 1.165) is 19.3 Å². The van der Waals surface area contributed by atoms with E-state index in [4.69, 9.17) is 9.47 Å². The molecule has 3 rings (SSSR count). The molecule has 0 radical (unpaired) electrons. The van der Waals surface area contributed by atoms with Crippen molar-refractivity contribution in [3.63, 3.8) is 0 Å². The van der Waals surface area contributed by atoms with Crippen LogP contribution in [0, 0.1) is 0 Å². The number of hydrogen-bond acceptors (Lipinski definition) is 4. The fourth-order valence-corrected chi connectivity index (χ4v) is 4.73. The molecule has 0 atom stereocenters. The Morgan fingerprint density at radius 2 is 1.95 bits per heavy atom. The molecule has 1 aliphatic carbocycles. The second-order valence-electron chi connectivity index (χ2n) is 5.39. The lowest BCUT2D eigenvalue weighted by atomic mass is 9.97. The minimum Gasteiger partial charge on any atom is -0.454 e. The summed E-state index contributed by atoms with van der Waals surface area (Å²) in [5, 5.41) is 0. The molecule has 2 aliphatic rings. The zero-order valence-corrected chi connectivity index (χ0v) is 14.5. The Morgan fingerprint density at radius 3 is 2.68 bits per heavy atom. The van der Waals surface area contributed by atoms with Gasteiger partial charge >= 0.3 is 0 Å². The van der Waals surface area contributed by atoms with Gasteiger partial charge < -0.3 is 9.47 Å². The molecular weight excluding hydrogens is 370 g/mol. The molecule has 0 unspecified atom stereocenters. The maximum atomic E-state index is 12.4. The summed E-state index contributed by atoms with van der Waals surface area (Å²) in [6, 6.07) is 3.12. The number of ether oxygens (including phenoxy) is 2. The first-order valence-corrected chi connectivity index (χ1v) is 9.60. The van der Waals surface area contributed by atoms with Gasteiger partial charge in [-0.1, -0.05) is 11.6 Å². The smallest absolute Gasteiger partial charge is 0.241 e. The van der Waals surface area contributed by atoms with Gasteiger partial charge in [-0.25, -0.2) is 13.1 Å². The lowest BCUT2D eigenvalue weighted by Crippen LogP contribution is -2.25. The molecule has 1 heterocycles. The molecule has 1 aliphatic heterocycles. The molecular formula is C15H18BrNO4S. The van der Waals surface area contributed by atoms with Crippen LogP contribution in [0.5, 0.6) is 11.5 Å². The number of allylic oxidation sites excluding steroid dienone is 1. The molecule has 0 bridgehead atoms. The van der Waals surface area contributed by atoms with Crippen molar-refractivity contribution in [3.8, 4) is 11.5 Å². The van der Waals surface area contributed by atoms with Gasteiger partial charge in [-0.3, -0.25) is 0 Å². The second-order valence-corrected chi connectivity index (χ2v) is 7.98. The van der Waals surface area contributed by atoms with Gasteiger partial charge in [-0.2, -0.15) is 0 Å². The van der Waals surface area contributed by atoms with E-state index < -0.39 is 10.0 Å². The highest BCUT2D eigenvalue weighted by Crippen LogP contribution is 2.38. The number of fused-ring (bicyclic) bond motifs is 1. The van der Waals surface area contributed by atoms with Crippen LogP contribution >= 0.6 is 15.9 Å². The summed E-state index contributed by atoms with van der Waals surface area (Å²) in [7, 11) is -3.57. The van der Waals surface area contributed by atoms with Crippen LogP contribution < -0.4 is 14.2 Å². The molecule has 1 aromatic rings. The molecule has 0 aromatic heterocycles. The van der Waals surface area contributed by atoms with Crippen LogP contribution in [0.3, 0.4) is 0 Å². The largest absolute Gasteiger partial charge is 0.454 e. The summed E-state index contributed by atoms with van der Waals surface area (Å²) in [5.41, 5.74) is 1.35.